The Morgan fingerprint density at radius 2 is 2.05 bits per heavy atom. The molecule has 0 bridgehead atoms. The first-order valence-corrected chi connectivity index (χ1v) is 7.34. The first-order chi connectivity index (χ1) is 10.0. The van der Waals surface area contributed by atoms with Gasteiger partial charge in [0.15, 0.2) is 5.75 Å². The zero-order chi connectivity index (χ0) is 15.4. The predicted octanol–water partition coefficient (Wildman–Crippen LogP) is 4.52. The Hall–Kier alpha value is -1.95. The number of nitrogens with zero attached hydrogens (tertiary/aromatic N) is 1. The summed E-state index contributed by atoms with van der Waals surface area (Å²) in [4.78, 5) is 10.5. The first kappa shape index (κ1) is 15.4. The Bertz CT molecular complexity index is 676. The van der Waals surface area contributed by atoms with E-state index in [1.165, 1.54) is 18.2 Å². The molecular formula is C15H13BrFNO3. The molecule has 0 amide bonds. The molecule has 0 saturated heterocycles. The van der Waals surface area contributed by atoms with E-state index >= 15 is 0 Å². The number of aryl methyl sites for hydroxylation is 1. The normalized spacial score (nSPS) is 10.4. The Morgan fingerprint density at radius 1 is 1.29 bits per heavy atom. The summed E-state index contributed by atoms with van der Waals surface area (Å²) in [5.41, 5.74) is 2.33. The number of hydrogen-bond acceptors (Lipinski definition) is 3. The van der Waals surface area contributed by atoms with Crippen LogP contribution in [0, 0.1) is 22.9 Å². The smallest absolute Gasteiger partial charge is 0.310 e. The Labute approximate surface area is 129 Å². The van der Waals surface area contributed by atoms with E-state index in [-0.39, 0.29) is 23.9 Å². The number of halogens is 2. The van der Waals surface area contributed by atoms with Gasteiger partial charge in [-0.15, -0.1) is 0 Å². The number of nitro benzene ring substituents is 1. The molecule has 0 aromatic heterocycles. The number of alkyl halides is 1. The number of ether oxygens (including phenoxy) is 1. The molecule has 0 heterocycles. The highest BCUT2D eigenvalue weighted by Crippen LogP contribution is 2.29. The third kappa shape index (κ3) is 3.78. The highest BCUT2D eigenvalue weighted by Gasteiger charge is 2.16. The van der Waals surface area contributed by atoms with Gasteiger partial charge in [-0.25, -0.2) is 4.39 Å². The molecule has 0 aliphatic heterocycles. The van der Waals surface area contributed by atoms with Crippen LogP contribution < -0.4 is 4.74 Å². The SMILES string of the molecule is Cc1cc(F)ccc1COc1cc(CBr)ccc1[N+](=O)[O-]. The van der Waals surface area contributed by atoms with Crippen LogP contribution in [0.25, 0.3) is 0 Å². The van der Waals surface area contributed by atoms with Gasteiger partial charge in [0.25, 0.3) is 0 Å². The molecule has 0 aliphatic rings. The van der Waals surface area contributed by atoms with Crippen molar-refractivity contribution in [3.8, 4) is 5.75 Å². The molecular weight excluding hydrogens is 341 g/mol. The zero-order valence-electron chi connectivity index (χ0n) is 11.3. The average Bonchev–Trinajstić information content (AvgIpc) is 2.45. The molecule has 2 aromatic carbocycles. The molecule has 0 N–H and O–H groups in total. The van der Waals surface area contributed by atoms with Gasteiger partial charge in [-0.1, -0.05) is 28.1 Å². The molecule has 21 heavy (non-hydrogen) atoms. The summed E-state index contributed by atoms with van der Waals surface area (Å²) in [7, 11) is 0. The first-order valence-electron chi connectivity index (χ1n) is 6.22. The van der Waals surface area contributed by atoms with Gasteiger partial charge in [0.1, 0.15) is 12.4 Å². The fraction of sp³-hybridized carbons (Fsp3) is 0.200. The van der Waals surface area contributed by atoms with Gasteiger partial charge in [0.05, 0.1) is 4.92 Å². The standard InChI is InChI=1S/C15H13BrFNO3/c1-10-6-13(17)4-3-12(10)9-21-15-7-11(8-16)2-5-14(15)18(19)20/h2-7H,8-9H2,1H3. The lowest BCUT2D eigenvalue weighted by Gasteiger charge is -2.10. The van der Waals surface area contributed by atoms with Crippen molar-refractivity contribution in [2.45, 2.75) is 18.9 Å². The lowest BCUT2D eigenvalue weighted by Crippen LogP contribution is -2.01. The molecule has 0 spiro atoms. The lowest BCUT2D eigenvalue weighted by atomic mass is 10.1. The summed E-state index contributed by atoms with van der Waals surface area (Å²) in [5.74, 6) is -0.107. The second kappa shape index (κ2) is 6.67. The minimum Gasteiger partial charge on any atom is -0.482 e. The lowest BCUT2D eigenvalue weighted by molar-refractivity contribution is -0.386. The Morgan fingerprint density at radius 3 is 2.67 bits per heavy atom. The van der Waals surface area contributed by atoms with Gasteiger partial charge in [-0.05, 0) is 41.8 Å². The van der Waals surface area contributed by atoms with E-state index in [1.807, 2.05) is 0 Å². The van der Waals surface area contributed by atoms with Crippen molar-refractivity contribution in [1.82, 2.24) is 0 Å². The minimum absolute atomic E-state index is 0.0838. The molecule has 110 valence electrons. The maximum absolute atomic E-state index is 13.0. The van der Waals surface area contributed by atoms with Crippen molar-refractivity contribution in [3.05, 3.63) is 69.0 Å². The van der Waals surface area contributed by atoms with Crippen molar-refractivity contribution < 1.29 is 14.1 Å². The van der Waals surface area contributed by atoms with Crippen molar-refractivity contribution in [3.63, 3.8) is 0 Å². The van der Waals surface area contributed by atoms with E-state index in [9.17, 15) is 14.5 Å². The molecule has 0 aliphatic carbocycles. The van der Waals surface area contributed by atoms with Crippen LogP contribution in [0.1, 0.15) is 16.7 Å². The van der Waals surface area contributed by atoms with Crippen LogP contribution in [0.5, 0.6) is 5.75 Å². The summed E-state index contributed by atoms with van der Waals surface area (Å²) in [6.45, 7) is 1.92. The maximum Gasteiger partial charge on any atom is 0.310 e. The monoisotopic (exact) mass is 353 g/mol. The van der Waals surface area contributed by atoms with Crippen LogP contribution in [0.2, 0.25) is 0 Å². The summed E-state index contributed by atoms with van der Waals surface area (Å²) in [6, 6.07) is 9.08. The number of benzene rings is 2. The number of rotatable bonds is 5. The Kier molecular flexibility index (Phi) is 4.90. The number of nitro groups is 1. The fourth-order valence-corrected chi connectivity index (χ4v) is 2.23. The van der Waals surface area contributed by atoms with E-state index < -0.39 is 4.92 Å². The third-order valence-electron chi connectivity index (χ3n) is 3.06. The molecule has 4 nitrogen and oxygen atoms in total. The highest BCUT2D eigenvalue weighted by atomic mass is 79.9. The Balaban J connectivity index is 2.24. The summed E-state index contributed by atoms with van der Waals surface area (Å²) in [6.07, 6.45) is 0. The van der Waals surface area contributed by atoms with E-state index in [0.717, 1.165) is 16.7 Å². The van der Waals surface area contributed by atoms with E-state index in [0.29, 0.717) is 5.33 Å². The molecule has 2 rings (SSSR count). The second-order valence-electron chi connectivity index (χ2n) is 4.55. The van der Waals surface area contributed by atoms with E-state index in [1.54, 1.807) is 25.1 Å². The average molecular weight is 354 g/mol. The number of hydrogen-bond donors (Lipinski definition) is 0. The van der Waals surface area contributed by atoms with Crippen LogP contribution in [0.15, 0.2) is 36.4 Å². The topological polar surface area (TPSA) is 52.4 Å². The molecule has 0 radical (unpaired) electrons. The highest BCUT2D eigenvalue weighted by molar-refractivity contribution is 9.08. The van der Waals surface area contributed by atoms with Gasteiger partial charge in [0, 0.05) is 11.4 Å². The molecule has 0 unspecified atom stereocenters. The second-order valence-corrected chi connectivity index (χ2v) is 5.11. The van der Waals surface area contributed by atoms with E-state index in [4.69, 9.17) is 4.74 Å². The van der Waals surface area contributed by atoms with Gasteiger partial charge in [0.2, 0.25) is 0 Å². The van der Waals surface area contributed by atoms with Crippen LogP contribution >= 0.6 is 15.9 Å². The minimum atomic E-state index is -0.481. The summed E-state index contributed by atoms with van der Waals surface area (Å²) < 4.78 is 18.6. The zero-order valence-corrected chi connectivity index (χ0v) is 12.9. The molecule has 0 atom stereocenters. The summed E-state index contributed by atoms with van der Waals surface area (Å²) in [5, 5.41) is 11.6. The fourth-order valence-electron chi connectivity index (χ4n) is 1.88. The van der Waals surface area contributed by atoms with Gasteiger partial charge in [-0.2, -0.15) is 0 Å². The van der Waals surface area contributed by atoms with Crippen molar-refractivity contribution in [2.75, 3.05) is 0 Å². The molecule has 0 saturated carbocycles. The third-order valence-corrected chi connectivity index (χ3v) is 3.71. The van der Waals surface area contributed by atoms with Crippen LogP contribution in [-0.4, -0.2) is 4.92 Å². The molecule has 0 fully saturated rings. The largest absolute Gasteiger partial charge is 0.482 e. The van der Waals surface area contributed by atoms with Gasteiger partial charge >= 0.3 is 5.69 Å². The van der Waals surface area contributed by atoms with Crippen LogP contribution in [0.3, 0.4) is 0 Å². The van der Waals surface area contributed by atoms with Gasteiger partial charge in [-0.3, -0.25) is 10.1 Å². The van der Waals surface area contributed by atoms with E-state index in [2.05, 4.69) is 15.9 Å². The van der Waals surface area contributed by atoms with Crippen molar-refractivity contribution in [2.24, 2.45) is 0 Å². The maximum atomic E-state index is 13.0. The summed E-state index contributed by atoms with van der Waals surface area (Å²) >= 11 is 3.30. The predicted molar refractivity (Wildman–Crippen MR) is 81.2 cm³/mol. The van der Waals surface area contributed by atoms with Crippen molar-refractivity contribution >= 4 is 21.6 Å². The quantitative estimate of drug-likeness (QED) is 0.451. The van der Waals surface area contributed by atoms with Crippen LogP contribution in [0.4, 0.5) is 10.1 Å². The molecule has 6 heteroatoms. The van der Waals surface area contributed by atoms with Gasteiger partial charge < -0.3 is 4.74 Å². The van der Waals surface area contributed by atoms with Crippen molar-refractivity contribution in [1.29, 1.82) is 0 Å². The van der Waals surface area contributed by atoms with Crippen LogP contribution in [-0.2, 0) is 11.9 Å². The molecule has 2 aromatic rings.